The maximum absolute atomic E-state index is 10.2. The van der Waals surface area contributed by atoms with Crippen LogP contribution in [-0.2, 0) is 0 Å². The number of hydrogen-bond acceptors (Lipinski definition) is 3. The van der Waals surface area contributed by atoms with Gasteiger partial charge in [-0.15, -0.1) is 0 Å². The minimum atomic E-state index is -0.878. The van der Waals surface area contributed by atoms with Crippen LogP contribution in [0.2, 0.25) is 5.02 Å². The highest BCUT2D eigenvalue weighted by molar-refractivity contribution is 6.32. The number of halogens is 1. The summed E-state index contributed by atoms with van der Waals surface area (Å²) in [6, 6.07) is 3.79. The predicted octanol–water partition coefficient (Wildman–Crippen LogP) is 3.09. The van der Waals surface area contributed by atoms with Crippen molar-refractivity contribution in [3.8, 4) is 5.75 Å². The van der Waals surface area contributed by atoms with E-state index in [1.807, 2.05) is 26.0 Å². The number of hydrogen-bond donors (Lipinski definition) is 2. The molecule has 1 rings (SSSR count). The molecule has 0 saturated carbocycles. The fourth-order valence-electron chi connectivity index (χ4n) is 1.81. The predicted molar refractivity (Wildman–Crippen MR) is 80.2 cm³/mol. The Morgan fingerprint density at radius 3 is 2.42 bits per heavy atom. The molecule has 4 heteroatoms. The number of rotatable bonds is 7. The third-order valence-electron chi connectivity index (χ3n) is 2.89. The van der Waals surface area contributed by atoms with E-state index in [4.69, 9.17) is 16.3 Å². The first kappa shape index (κ1) is 16.3. The number of nitrogens with one attached hydrogen (secondary N) is 1. The minimum Gasteiger partial charge on any atom is -0.491 e. The van der Waals surface area contributed by atoms with Gasteiger partial charge in [0.2, 0.25) is 0 Å². The Kier molecular flexibility index (Phi) is 6.11. The molecule has 1 aromatic carbocycles. The van der Waals surface area contributed by atoms with E-state index in [1.165, 1.54) is 0 Å². The van der Waals surface area contributed by atoms with Crippen LogP contribution in [0.4, 0.5) is 0 Å². The molecule has 0 amide bonds. The van der Waals surface area contributed by atoms with Crippen LogP contribution in [0.1, 0.15) is 31.4 Å². The third-order valence-corrected chi connectivity index (χ3v) is 3.49. The van der Waals surface area contributed by atoms with Gasteiger partial charge in [-0.25, -0.2) is 0 Å². The molecule has 0 heterocycles. The summed E-state index contributed by atoms with van der Waals surface area (Å²) in [4.78, 5) is 0. The van der Waals surface area contributed by atoms with Gasteiger partial charge in [0, 0.05) is 11.6 Å². The van der Waals surface area contributed by atoms with Crippen molar-refractivity contribution in [3.63, 3.8) is 0 Å². The smallest absolute Gasteiger partial charge is 0.120 e. The van der Waals surface area contributed by atoms with Crippen molar-refractivity contribution in [3.05, 3.63) is 28.3 Å². The van der Waals surface area contributed by atoms with Crippen LogP contribution in [-0.4, -0.2) is 30.4 Å². The van der Waals surface area contributed by atoms with Crippen molar-refractivity contribution < 1.29 is 9.84 Å². The zero-order valence-corrected chi connectivity index (χ0v) is 13.0. The summed E-state index contributed by atoms with van der Waals surface area (Å²) in [6.45, 7) is 9.43. The van der Waals surface area contributed by atoms with Crippen molar-refractivity contribution in [1.82, 2.24) is 5.32 Å². The van der Waals surface area contributed by atoms with Gasteiger partial charge in [-0.1, -0.05) is 18.5 Å². The summed E-state index contributed by atoms with van der Waals surface area (Å²) < 4.78 is 5.67. The van der Waals surface area contributed by atoms with Crippen LogP contribution in [0.5, 0.6) is 5.75 Å². The van der Waals surface area contributed by atoms with Crippen LogP contribution in [0, 0.1) is 13.8 Å². The Bertz CT molecular complexity index is 396. The lowest BCUT2D eigenvalue weighted by Crippen LogP contribution is -2.43. The number of benzene rings is 1. The summed E-state index contributed by atoms with van der Waals surface area (Å²) in [5, 5.41) is 14.1. The lowest BCUT2D eigenvalue weighted by atomic mass is 10.1. The van der Waals surface area contributed by atoms with Gasteiger partial charge in [0.05, 0.1) is 0 Å². The van der Waals surface area contributed by atoms with Crippen LogP contribution in [0.3, 0.4) is 0 Å². The highest BCUT2D eigenvalue weighted by Crippen LogP contribution is 2.26. The molecule has 0 aliphatic carbocycles. The largest absolute Gasteiger partial charge is 0.491 e. The molecule has 0 aliphatic rings. The van der Waals surface area contributed by atoms with E-state index in [2.05, 4.69) is 12.2 Å². The van der Waals surface area contributed by atoms with E-state index in [0.29, 0.717) is 6.54 Å². The quantitative estimate of drug-likeness (QED) is 0.757. The van der Waals surface area contributed by atoms with Gasteiger partial charge >= 0.3 is 0 Å². The number of aliphatic hydroxyl groups is 1. The van der Waals surface area contributed by atoms with Crippen molar-refractivity contribution in [2.45, 2.75) is 39.7 Å². The second-order valence-electron chi connectivity index (χ2n) is 5.33. The van der Waals surface area contributed by atoms with Crippen LogP contribution < -0.4 is 10.1 Å². The molecule has 1 aromatic rings. The first-order chi connectivity index (χ1) is 8.85. The van der Waals surface area contributed by atoms with Crippen LogP contribution >= 0.6 is 11.6 Å². The zero-order valence-electron chi connectivity index (χ0n) is 12.2. The van der Waals surface area contributed by atoms with Gasteiger partial charge in [-0.3, -0.25) is 0 Å². The van der Waals surface area contributed by atoms with Crippen molar-refractivity contribution >= 4 is 11.6 Å². The Hall–Kier alpha value is -0.770. The standard InChI is InChI=1S/C15H24ClNO2/c1-5-6-17-9-15(4,18)10-19-13-7-11(2)14(16)12(3)8-13/h7-8,17-18H,5-6,9-10H2,1-4H3. The molecular weight excluding hydrogens is 262 g/mol. The van der Waals surface area contributed by atoms with E-state index in [-0.39, 0.29) is 6.61 Å². The topological polar surface area (TPSA) is 41.5 Å². The molecule has 1 atom stereocenters. The third kappa shape index (κ3) is 5.39. The van der Waals surface area contributed by atoms with Crippen LogP contribution in [0.15, 0.2) is 12.1 Å². The molecule has 0 aromatic heterocycles. The summed E-state index contributed by atoms with van der Waals surface area (Å²) in [5.41, 5.74) is 1.09. The summed E-state index contributed by atoms with van der Waals surface area (Å²) in [6.07, 6.45) is 1.05. The average molecular weight is 286 g/mol. The Balaban J connectivity index is 2.56. The van der Waals surface area contributed by atoms with Gasteiger partial charge in [-0.2, -0.15) is 0 Å². The average Bonchev–Trinajstić information content (AvgIpc) is 2.33. The molecule has 0 fully saturated rings. The van der Waals surface area contributed by atoms with E-state index in [9.17, 15) is 5.11 Å². The molecule has 2 N–H and O–H groups in total. The lowest BCUT2D eigenvalue weighted by Gasteiger charge is -2.24. The summed E-state index contributed by atoms with van der Waals surface area (Å²) in [5.74, 6) is 0.746. The van der Waals surface area contributed by atoms with Crippen LogP contribution in [0.25, 0.3) is 0 Å². The van der Waals surface area contributed by atoms with Gasteiger partial charge in [0.25, 0.3) is 0 Å². The number of aryl methyl sites for hydroxylation is 2. The normalized spacial score (nSPS) is 14.2. The first-order valence-electron chi connectivity index (χ1n) is 6.68. The van der Waals surface area contributed by atoms with E-state index >= 15 is 0 Å². The maximum atomic E-state index is 10.2. The molecule has 19 heavy (non-hydrogen) atoms. The van der Waals surface area contributed by atoms with Gasteiger partial charge in [0.15, 0.2) is 0 Å². The summed E-state index contributed by atoms with van der Waals surface area (Å²) >= 11 is 6.11. The first-order valence-corrected chi connectivity index (χ1v) is 7.06. The Morgan fingerprint density at radius 1 is 1.32 bits per heavy atom. The second-order valence-corrected chi connectivity index (χ2v) is 5.71. The van der Waals surface area contributed by atoms with E-state index < -0.39 is 5.60 Å². The fourth-order valence-corrected chi connectivity index (χ4v) is 1.92. The zero-order chi connectivity index (χ0) is 14.5. The molecule has 0 bridgehead atoms. The van der Waals surface area contributed by atoms with Crippen molar-refractivity contribution in [1.29, 1.82) is 0 Å². The molecule has 0 aliphatic heterocycles. The molecule has 3 nitrogen and oxygen atoms in total. The molecule has 108 valence electrons. The Morgan fingerprint density at radius 2 is 1.89 bits per heavy atom. The van der Waals surface area contributed by atoms with Crippen molar-refractivity contribution in [2.75, 3.05) is 19.7 Å². The second kappa shape index (κ2) is 7.13. The summed E-state index contributed by atoms with van der Waals surface area (Å²) in [7, 11) is 0. The highest BCUT2D eigenvalue weighted by atomic mass is 35.5. The molecule has 0 saturated heterocycles. The van der Waals surface area contributed by atoms with E-state index in [1.54, 1.807) is 6.92 Å². The molecule has 0 spiro atoms. The molecule has 1 unspecified atom stereocenters. The number of ether oxygens (including phenoxy) is 1. The Labute approximate surface area is 120 Å². The van der Waals surface area contributed by atoms with E-state index in [0.717, 1.165) is 34.9 Å². The monoisotopic (exact) mass is 285 g/mol. The van der Waals surface area contributed by atoms with Gasteiger partial charge < -0.3 is 15.2 Å². The minimum absolute atomic E-state index is 0.254. The highest BCUT2D eigenvalue weighted by Gasteiger charge is 2.21. The maximum Gasteiger partial charge on any atom is 0.120 e. The fraction of sp³-hybridized carbons (Fsp3) is 0.600. The van der Waals surface area contributed by atoms with Gasteiger partial charge in [0.1, 0.15) is 18.0 Å². The van der Waals surface area contributed by atoms with Gasteiger partial charge in [-0.05, 0) is 57.0 Å². The lowest BCUT2D eigenvalue weighted by molar-refractivity contribution is 0.0124. The van der Waals surface area contributed by atoms with Crippen molar-refractivity contribution in [2.24, 2.45) is 0 Å². The molecule has 0 radical (unpaired) electrons. The molecular formula is C15H24ClNO2. The SMILES string of the molecule is CCCNCC(C)(O)COc1cc(C)c(Cl)c(C)c1.